The van der Waals surface area contributed by atoms with E-state index in [9.17, 15) is 4.21 Å². The summed E-state index contributed by atoms with van der Waals surface area (Å²) in [5.41, 5.74) is 0.819. The van der Waals surface area contributed by atoms with Gasteiger partial charge in [-0.1, -0.05) is 5.92 Å². The average molecular weight is 164 g/mol. The molecule has 0 aromatic heterocycles. The molecule has 0 amide bonds. The lowest BCUT2D eigenvalue weighted by Gasteiger charge is -1.94. The summed E-state index contributed by atoms with van der Waals surface area (Å²) in [7, 11) is -0.908. The van der Waals surface area contributed by atoms with Gasteiger partial charge in [0, 0.05) is 27.5 Å². The minimum Gasteiger partial charge on any atom is -0.255 e. The average Bonchev–Trinajstić information content (AvgIpc) is 2.05. The fourth-order valence-electron chi connectivity index (χ4n) is 0.743. The molecule has 0 saturated heterocycles. The van der Waals surface area contributed by atoms with Gasteiger partial charge in [0.05, 0.1) is 0 Å². The maximum Gasteiger partial charge on any atom is 0.0498 e. The molecule has 0 fully saturated rings. The van der Waals surface area contributed by atoms with Crippen LogP contribution in [0.3, 0.4) is 0 Å². The third-order valence-electron chi connectivity index (χ3n) is 1.35. The van der Waals surface area contributed by atoms with Gasteiger partial charge in [0.2, 0.25) is 0 Å². The second kappa shape index (κ2) is 3.36. The number of terminal acetylenes is 1. The van der Waals surface area contributed by atoms with Gasteiger partial charge in [0.25, 0.3) is 0 Å². The van der Waals surface area contributed by atoms with E-state index in [1.54, 1.807) is 30.5 Å². The van der Waals surface area contributed by atoms with Crippen molar-refractivity contribution in [2.24, 2.45) is 0 Å². The Bertz CT molecular complexity index is 305. The van der Waals surface area contributed by atoms with Crippen LogP contribution in [0.1, 0.15) is 5.56 Å². The Morgan fingerprint density at radius 1 is 1.36 bits per heavy atom. The Labute approximate surface area is 68.9 Å². The minimum absolute atomic E-state index is 0.809. The topological polar surface area (TPSA) is 17.1 Å². The van der Waals surface area contributed by atoms with E-state index in [2.05, 4.69) is 5.92 Å². The predicted octanol–water partition coefficient (Wildman–Crippen LogP) is 1.41. The summed E-state index contributed by atoms with van der Waals surface area (Å²) in [6.07, 6.45) is 6.79. The molecule has 1 rings (SSSR count). The molecule has 0 N–H and O–H groups in total. The molecular formula is C9H8OS. The Balaban J connectivity index is 3.03. The zero-order valence-corrected chi connectivity index (χ0v) is 7.02. The molecule has 1 atom stereocenters. The highest BCUT2D eigenvalue weighted by molar-refractivity contribution is 7.84. The summed E-state index contributed by atoms with van der Waals surface area (Å²) in [5, 5.41) is 0. The highest BCUT2D eigenvalue weighted by Gasteiger charge is 1.94. The van der Waals surface area contributed by atoms with Crippen molar-refractivity contribution in [3.63, 3.8) is 0 Å². The highest BCUT2D eigenvalue weighted by Crippen LogP contribution is 2.05. The zero-order chi connectivity index (χ0) is 8.27. The lowest BCUT2D eigenvalue weighted by Crippen LogP contribution is -1.86. The van der Waals surface area contributed by atoms with Crippen LogP contribution in [0, 0.1) is 12.3 Å². The van der Waals surface area contributed by atoms with Crippen LogP contribution in [0.4, 0.5) is 0 Å². The maximum atomic E-state index is 10.9. The molecule has 0 aliphatic heterocycles. The van der Waals surface area contributed by atoms with E-state index in [1.807, 2.05) is 0 Å². The van der Waals surface area contributed by atoms with Gasteiger partial charge < -0.3 is 0 Å². The van der Waals surface area contributed by atoms with Crippen molar-refractivity contribution < 1.29 is 4.21 Å². The first-order valence-electron chi connectivity index (χ1n) is 3.14. The smallest absolute Gasteiger partial charge is 0.0498 e. The van der Waals surface area contributed by atoms with Crippen molar-refractivity contribution >= 4 is 10.8 Å². The molecule has 0 radical (unpaired) electrons. The molecule has 0 spiro atoms. The summed E-state index contributed by atoms with van der Waals surface area (Å²) in [5.74, 6) is 2.49. The van der Waals surface area contributed by atoms with Crippen LogP contribution < -0.4 is 0 Å². The van der Waals surface area contributed by atoms with Crippen molar-refractivity contribution in [2.45, 2.75) is 4.90 Å². The van der Waals surface area contributed by atoms with Crippen molar-refractivity contribution in [3.05, 3.63) is 29.8 Å². The Kier molecular flexibility index (Phi) is 2.45. The summed E-state index contributed by atoms with van der Waals surface area (Å²) >= 11 is 0. The van der Waals surface area contributed by atoms with Gasteiger partial charge >= 0.3 is 0 Å². The van der Waals surface area contributed by atoms with Crippen LogP contribution in [0.2, 0.25) is 0 Å². The lowest BCUT2D eigenvalue weighted by atomic mass is 10.2. The van der Waals surface area contributed by atoms with Crippen LogP contribution in [0.25, 0.3) is 0 Å². The number of benzene rings is 1. The van der Waals surface area contributed by atoms with Crippen LogP contribution >= 0.6 is 0 Å². The van der Waals surface area contributed by atoms with Gasteiger partial charge in [-0.25, -0.2) is 0 Å². The standard InChI is InChI=1S/C9H8OS/c1-3-8-4-6-9(7-5-8)11(2)10/h1,4-7H,2H3. The van der Waals surface area contributed by atoms with Gasteiger partial charge in [-0.15, -0.1) is 6.42 Å². The molecule has 2 heteroatoms. The molecule has 1 nitrogen and oxygen atoms in total. The summed E-state index contributed by atoms with van der Waals surface area (Å²) in [6.45, 7) is 0. The summed E-state index contributed by atoms with van der Waals surface area (Å²) in [6, 6.07) is 7.14. The second-order valence-electron chi connectivity index (χ2n) is 2.12. The van der Waals surface area contributed by atoms with Crippen molar-refractivity contribution in [2.75, 3.05) is 6.26 Å². The van der Waals surface area contributed by atoms with E-state index in [0.717, 1.165) is 10.5 Å². The number of hydrogen-bond acceptors (Lipinski definition) is 1. The molecule has 0 aliphatic carbocycles. The van der Waals surface area contributed by atoms with Crippen LogP contribution in [-0.2, 0) is 10.8 Å². The second-order valence-corrected chi connectivity index (χ2v) is 3.50. The normalized spacial score (nSPS) is 12.0. The fraction of sp³-hybridized carbons (Fsp3) is 0.111. The first kappa shape index (κ1) is 8.03. The first-order chi connectivity index (χ1) is 5.24. The Hall–Kier alpha value is -1.07. The molecule has 1 aromatic rings. The minimum atomic E-state index is -0.908. The molecule has 1 aromatic carbocycles. The lowest BCUT2D eigenvalue weighted by molar-refractivity contribution is 0.687. The van der Waals surface area contributed by atoms with E-state index in [0.29, 0.717) is 0 Å². The molecule has 1 unspecified atom stereocenters. The molecule has 56 valence electrons. The molecular weight excluding hydrogens is 156 g/mol. The zero-order valence-electron chi connectivity index (χ0n) is 6.20. The van der Waals surface area contributed by atoms with Crippen LogP contribution in [-0.4, -0.2) is 10.5 Å². The van der Waals surface area contributed by atoms with Crippen LogP contribution in [0.15, 0.2) is 29.2 Å². The quantitative estimate of drug-likeness (QED) is 0.573. The molecule has 0 heterocycles. The van der Waals surface area contributed by atoms with Crippen molar-refractivity contribution in [1.29, 1.82) is 0 Å². The molecule has 11 heavy (non-hydrogen) atoms. The van der Waals surface area contributed by atoms with Gasteiger partial charge in [-0.3, -0.25) is 4.21 Å². The Morgan fingerprint density at radius 3 is 2.27 bits per heavy atom. The summed E-state index contributed by atoms with van der Waals surface area (Å²) in [4.78, 5) is 0.809. The maximum absolute atomic E-state index is 10.9. The summed E-state index contributed by atoms with van der Waals surface area (Å²) < 4.78 is 10.9. The predicted molar refractivity (Wildman–Crippen MR) is 46.7 cm³/mol. The van der Waals surface area contributed by atoms with Gasteiger partial charge in [0.1, 0.15) is 0 Å². The van der Waals surface area contributed by atoms with Gasteiger partial charge in [-0.2, -0.15) is 0 Å². The molecule has 0 saturated carbocycles. The van der Waals surface area contributed by atoms with E-state index in [4.69, 9.17) is 6.42 Å². The van der Waals surface area contributed by atoms with Gasteiger partial charge in [-0.05, 0) is 24.3 Å². The third-order valence-corrected chi connectivity index (χ3v) is 2.29. The van der Waals surface area contributed by atoms with Crippen molar-refractivity contribution in [1.82, 2.24) is 0 Å². The third kappa shape index (κ3) is 1.92. The molecule has 0 aliphatic rings. The van der Waals surface area contributed by atoms with E-state index < -0.39 is 10.8 Å². The Morgan fingerprint density at radius 2 is 1.91 bits per heavy atom. The highest BCUT2D eigenvalue weighted by atomic mass is 32.2. The fourth-order valence-corrected chi connectivity index (χ4v) is 1.26. The monoisotopic (exact) mass is 164 g/mol. The largest absolute Gasteiger partial charge is 0.255 e. The van der Waals surface area contributed by atoms with E-state index in [1.165, 1.54) is 0 Å². The number of rotatable bonds is 1. The molecule has 0 bridgehead atoms. The van der Waals surface area contributed by atoms with Crippen molar-refractivity contribution in [3.8, 4) is 12.3 Å². The van der Waals surface area contributed by atoms with Crippen LogP contribution in [0.5, 0.6) is 0 Å². The van der Waals surface area contributed by atoms with Gasteiger partial charge in [0.15, 0.2) is 0 Å². The van der Waals surface area contributed by atoms with E-state index >= 15 is 0 Å². The first-order valence-corrected chi connectivity index (χ1v) is 4.70. The SMILES string of the molecule is C#Cc1ccc(S(C)=O)cc1. The number of hydrogen-bond donors (Lipinski definition) is 0. The van der Waals surface area contributed by atoms with E-state index in [-0.39, 0.29) is 0 Å².